The molecule has 0 aliphatic heterocycles. The van der Waals surface area contributed by atoms with Gasteiger partial charge < -0.3 is 13.8 Å². The van der Waals surface area contributed by atoms with Crippen molar-refractivity contribution in [2.45, 2.75) is 26.4 Å². The second-order valence-corrected chi connectivity index (χ2v) is 6.65. The van der Waals surface area contributed by atoms with Crippen LogP contribution in [0.3, 0.4) is 0 Å². The molecule has 0 spiro atoms. The van der Waals surface area contributed by atoms with Gasteiger partial charge in [-0.1, -0.05) is 22.4 Å². The van der Waals surface area contributed by atoms with Crippen molar-refractivity contribution in [3.63, 3.8) is 0 Å². The van der Waals surface area contributed by atoms with Crippen molar-refractivity contribution in [3.05, 3.63) is 71.4 Å². The predicted molar refractivity (Wildman–Crippen MR) is 102 cm³/mol. The van der Waals surface area contributed by atoms with Crippen LogP contribution >= 0.6 is 0 Å². The van der Waals surface area contributed by atoms with Crippen molar-refractivity contribution in [1.29, 1.82) is 0 Å². The van der Waals surface area contributed by atoms with Gasteiger partial charge in [-0.2, -0.15) is 9.97 Å². The Morgan fingerprint density at radius 3 is 2.32 bits per heavy atom. The first kappa shape index (κ1) is 20.3. The number of rotatable bonds is 7. The van der Waals surface area contributed by atoms with Gasteiger partial charge in [-0.3, -0.25) is 4.79 Å². The summed E-state index contributed by atoms with van der Waals surface area (Å²) in [4.78, 5) is 20.2. The molecule has 0 unspecified atom stereocenters. The average Bonchev–Trinajstić information content (AvgIpc) is 3.43. The van der Waals surface area contributed by atoms with Gasteiger partial charge in [0.1, 0.15) is 11.6 Å². The fraction of sp³-hybridized carbons (Fsp3) is 0.190. The van der Waals surface area contributed by atoms with Crippen LogP contribution in [0.15, 0.2) is 51.5 Å². The Morgan fingerprint density at radius 1 is 0.935 bits per heavy atom. The molecule has 10 heteroatoms. The third kappa shape index (κ3) is 4.97. The second-order valence-electron chi connectivity index (χ2n) is 6.65. The monoisotopic (exact) mass is 426 g/mol. The molecule has 2 heterocycles. The smallest absolute Gasteiger partial charge is 0.306 e. The number of aromatic nitrogens is 4. The number of benzene rings is 2. The third-order valence-electron chi connectivity index (χ3n) is 4.37. The molecule has 2 aromatic heterocycles. The first-order valence-electron chi connectivity index (χ1n) is 9.31. The number of hydrogen-bond acceptors (Lipinski definition) is 8. The quantitative estimate of drug-likeness (QED) is 0.408. The number of hydrogen-bond donors (Lipinski definition) is 0. The molecule has 31 heavy (non-hydrogen) atoms. The Balaban J connectivity index is 1.28. The highest BCUT2D eigenvalue weighted by Crippen LogP contribution is 2.20. The van der Waals surface area contributed by atoms with Crippen molar-refractivity contribution in [1.82, 2.24) is 20.3 Å². The maximum Gasteiger partial charge on any atom is 0.306 e. The normalized spacial score (nSPS) is 10.9. The van der Waals surface area contributed by atoms with E-state index in [9.17, 15) is 13.6 Å². The lowest BCUT2D eigenvalue weighted by Gasteiger charge is -2.00. The van der Waals surface area contributed by atoms with Crippen LogP contribution in [0.4, 0.5) is 8.78 Å². The number of carbonyl (C=O) groups excluding carboxylic acids is 1. The van der Waals surface area contributed by atoms with Gasteiger partial charge in [0.2, 0.25) is 17.5 Å². The molecule has 0 radical (unpaired) electrons. The molecule has 0 bridgehead atoms. The van der Waals surface area contributed by atoms with Gasteiger partial charge in [0.25, 0.3) is 5.89 Å². The topological polar surface area (TPSA) is 104 Å². The summed E-state index contributed by atoms with van der Waals surface area (Å²) in [5.74, 6) is -0.437. The van der Waals surface area contributed by atoms with Crippen molar-refractivity contribution in [3.8, 4) is 22.8 Å². The van der Waals surface area contributed by atoms with E-state index in [0.717, 1.165) is 0 Å². The Morgan fingerprint density at radius 2 is 1.58 bits per heavy atom. The van der Waals surface area contributed by atoms with Crippen LogP contribution in [0, 0.1) is 18.6 Å². The van der Waals surface area contributed by atoms with Crippen molar-refractivity contribution in [2.24, 2.45) is 0 Å². The van der Waals surface area contributed by atoms with Crippen LogP contribution in [-0.2, 0) is 22.6 Å². The van der Waals surface area contributed by atoms with E-state index in [-0.39, 0.29) is 48.7 Å². The summed E-state index contributed by atoms with van der Waals surface area (Å²) in [6.07, 6.45) is 0.167. The summed E-state index contributed by atoms with van der Waals surface area (Å²) in [5.41, 5.74) is 1.56. The first-order valence-corrected chi connectivity index (χ1v) is 9.31. The highest BCUT2D eigenvalue weighted by molar-refractivity contribution is 5.69. The van der Waals surface area contributed by atoms with E-state index >= 15 is 0 Å². The second kappa shape index (κ2) is 8.82. The van der Waals surface area contributed by atoms with Crippen LogP contribution in [0.25, 0.3) is 22.8 Å². The van der Waals surface area contributed by atoms with Gasteiger partial charge in [-0.25, -0.2) is 8.78 Å². The minimum atomic E-state index is -0.525. The molecule has 0 aliphatic carbocycles. The van der Waals surface area contributed by atoms with E-state index in [2.05, 4.69) is 20.3 Å². The summed E-state index contributed by atoms with van der Waals surface area (Å²) in [6.45, 7) is 1.43. The molecule has 0 aliphatic rings. The van der Waals surface area contributed by atoms with Crippen LogP contribution in [0.2, 0.25) is 0 Å². The van der Waals surface area contributed by atoms with E-state index in [1.165, 1.54) is 30.3 Å². The van der Waals surface area contributed by atoms with Crippen LogP contribution in [0.1, 0.15) is 23.8 Å². The van der Waals surface area contributed by atoms with E-state index in [0.29, 0.717) is 22.5 Å². The maximum atomic E-state index is 13.7. The summed E-state index contributed by atoms with van der Waals surface area (Å²) < 4.78 is 41.9. The third-order valence-corrected chi connectivity index (χ3v) is 4.37. The Labute approximate surface area is 174 Å². The average molecular weight is 426 g/mol. The van der Waals surface area contributed by atoms with Gasteiger partial charge in [-0.05, 0) is 42.8 Å². The molecule has 0 amide bonds. The molecule has 0 atom stereocenters. The summed E-state index contributed by atoms with van der Waals surface area (Å²) >= 11 is 0. The highest BCUT2D eigenvalue weighted by Gasteiger charge is 2.14. The fourth-order valence-corrected chi connectivity index (χ4v) is 2.66. The van der Waals surface area contributed by atoms with Crippen molar-refractivity contribution < 1.29 is 27.4 Å². The van der Waals surface area contributed by atoms with Crippen molar-refractivity contribution >= 4 is 5.97 Å². The molecular weight excluding hydrogens is 410 g/mol. The Bertz CT molecular complexity index is 1200. The Kier molecular flexibility index (Phi) is 5.78. The zero-order valence-corrected chi connectivity index (χ0v) is 16.3. The zero-order valence-electron chi connectivity index (χ0n) is 16.3. The molecular formula is C21H16F2N4O4. The van der Waals surface area contributed by atoms with Gasteiger partial charge >= 0.3 is 5.97 Å². The Hall–Kier alpha value is -3.95. The number of halogens is 2. The zero-order chi connectivity index (χ0) is 21.8. The number of esters is 1. The van der Waals surface area contributed by atoms with Gasteiger partial charge in [0.15, 0.2) is 6.61 Å². The molecule has 0 saturated carbocycles. The van der Waals surface area contributed by atoms with Gasteiger partial charge in [0, 0.05) is 17.5 Å². The van der Waals surface area contributed by atoms with E-state index in [1.807, 2.05) is 0 Å². The summed E-state index contributed by atoms with van der Waals surface area (Å²) in [6, 6.07) is 10.2. The van der Waals surface area contributed by atoms with E-state index in [4.69, 9.17) is 13.8 Å². The molecule has 0 saturated heterocycles. The van der Waals surface area contributed by atoms with Crippen LogP contribution in [0.5, 0.6) is 0 Å². The molecule has 8 nitrogen and oxygen atoms in total. The molecule has 158 valence electrons. The highest BCUT2D eigenvalue weighted by atomic mass is 19.1. The summed E-state index contributed by atoms with van der Waals surface area (Å²) in [5, 5.41) is 7.57. The minimum absolute atomic E-state index is 0.00474. The molecule has 0 N–H and O–H groups in total. The number of aryl methyl sites for hydroxylation is 2. The molecule has 2 aromatic carbocycles. The fourth-order valence-electron chi connectivity index (χ4n) is 2.66. The molecule has 4 rings (SSSR count). The van der Waals surface area contributed by atoms with Gasteiger partial charge in [-0.15, -0.1) is 0 Å². The van der Waals surface area contributed by atoms with E-state index < -0.39 is 5.97 Å². The largest absolute Gasteiger partial charge is 0.456 e. The predicted octanol–water partition coefficient (Wildman–Crippen LogP) is 4.05. The lowest BCUT2D eigenvalue weighted by molar-refractivity contribution is -0.145. The lowest BCUT2D eigenvalue weighted by atomic mass is 10.1. The van der Waals surface area contributed by atoms with Crippen molar-refractivity contribution in [2.75, 3.05) is 0 Å². The number of ether oxygens (including phenoxy) is 1. The van der Waals surface area contributed by atoms with E-state index in [1.54, 1.807) is 19.1 Å². The van der Waals surface area contributed by atoms with Crippen LogP contribution < -0.4 is 0 Å². The SMILES string of the molecule is Cc1ccc(-c2noc(COC(=O)CCc3nc(-c4ccc(F)cc4)no3)n2)cc1F. The van der Waals surface area contributed by atoms with Crippen LogP contribution in [-0.4, -0.2) is 26.3 Å². The molecule has 4 aromatic rings. The minimum Gasteiger partial charge on any atom is -0.456 e. The number of nitrogens with zero attached hydrogens (tertiary/aromatic N) is 4. The maximum absolute atomic E-state index is 13.7. The van der Waals surface area contributed by atoms with Gasteiger partial charge in [0.05, 0.1) is 6.42 Å². The summed E-state index contributed by atoms with van der Waals surface area (Å²) in [7, 11) is 0. The standard InChI is InChI=1S/C21H16F2N4O4/c1-12-2-3-14(10-16(12)23)21-25-18(31-27-21)11-29-19(28)9-8-17-24-20(26-30-17)13-4-6-15(22)7-5-13/h2-7,10H,8-9,11H2,1H3. The first-order chi connectivity index (χ1) is 15.0. The number of carbonyl (C=O) groups is 1. The molecule has 0 fully saturated rings. The lowest BCUT2D eigenvalue weighted by Crippen LogP contribution is -2.06.